The van der Waals surface area contributed by atoms with Gasteiger partial charge in [-0.25, -0.2) is 14.7 Å². The highest BCUT2D eigenvalue weighted by atomic mass is 35.5. The molecule has 1 aliphatic rings. The molecule has 1 aromatic heterocycles. The number of anilines is 3. The molecule has 5 rings (SSSR count). The standard InChI is InChI=1S/C30H23ClN4O5S/c1-2-15-40-29(39)19-11-13-22(14-12-19)35-27(37)24(31)25(28(35)38)32-21-10-6-9-20(16-21)26(36)34-30-33-23(17-41-30)18-7-4-3-5-8-18/h3-14,16-17,32H,2,15H2,1H3,(H,33,34,36). The number of ether oxygens (including phenoxy) is 1. The molecule has 0 unspecified atom stereocenters. The molecule has 11 heteroatoms. The second kappa shape index (κ2) is 12.2. The molecule has 0 aliphatic carbocycles. The number of nitrogens with zero attached hydrogens (tertiary/aromatic N) is 2. The first-order valence-corrected chi connectivity index (χ1v) is 13.9. The molecule has 0 atom stereocenters. The Bertz CT molecular complexity index is 1670. The normalized spacial score (nSPS) is 13.0. The van der Waals surface area contributed by atoms with E-state index in [1.54, 1.807) is 18.2 Å². The quantitative estimate of drug-likeness (QED) is 0.181. The third-order valence-corrected chi connectivity index (χ3v) is 7.12. The molecule has 1 aliphatic heterocycles. The Labute approximate surface area is 244 Å². The molecule has 0 spiro atoms. The third kappa shape index (κ3) is 6.03. The molecule has 9 nitrogen and oxygen atoms in total. The van der Waals surface area contributed by atoms with Gasteiger partial charge in [-0.3, -0.25) is 19.7 Å². The summed E-state index contributed by atoms with van der Waals surface area (Å²) in [6.45, 7) is 2.18. The van der Waals surface area contributed by atoms with Gasteiger partial charge in [-0.1, -0.05) is 54.9 Å². The van der Waals surface area contributed by atoms with E-state index in [0.29, 0.717) is 35.0 Å². The highest BCUT2D eigenvalue weighted by Crippen LogP contribution is 2.31. The average Bonchev–Trinajstić information content (AvgIpc) is 3.55. The zero-order valence-electron chi connectivity index (χ0n) is 21.7. The monoisotopic (exact) mass is 586 g/mol. The number of rotatable bonds is 9. The van der Waals surface area contributed by atoms with Crippen LogP contribution in [-0.4, -0.2) is 35.3 Å². The van der Waals surface area contributed by atoms with Crippen LogP contribution in [0.25, 0.3) is 11.3 Å². The number of hydrogen-bond acceptors (Lipinski definition) is 8. The second-order valence-corrected chi connectivity index (χ2v) is 10.1. The number of imide groups is 1. The van der Waals surface area contributed by atoms with E-state index in [-0.39, 0.29) is 16.4 Å². The molecule has 41 heavy (non-hydrogen) atoms. The lowest BCUT2D eigenvalue weighted by Gasteiger charge is -2.15. The van der Waals surface area contributed by atoms with E-state index in [1.807, 2.05) is 42.6 Å². The van der Waals surface area contributed by atoms with Crippen molar-refractivity contribution in [3.05, 3.63) is 106 Å². The lowest BCUT2D eigenvalue weighted by Crippen LogP contribution is -2.32. The largest absolute Gasteiger partial charge is 0.462 e. The van der Waals surface area contributed by atoms with Gasteiger partial charge in [-0.15, -0.1) is 11.3 Å². The molecule has 206 valence electrons. The maximum atomic E-state index is 13.2. The zero-order valence-corrected chi connectivity index (χ0v) is 23.3. The number of halogens is 1. The highest BCUT2D eigenvalue weighted by Gasteiger charge is 2.39. The molecule has 0 fully saturated rings. The first-order valence-electron chi connectivity index (χ1n) is 12.6. The number of hydrogen-bond donors (Lipinski definition) is 2. The van der Waals surface area contributed by atoms with Crippen LogP contribution in [0.1, 0.15) is 34.1 Å². The minimum absolute atomic E-state index is 0.131. The van der Waals surface area contributed by atoms with Gasteiger partial charge in [0, 0.05) is 22.2 Å². The fourth-order valence-corrected chi connectivity index (χ4v) is 4.92. The maximum Gasteiger partial charge on any atom is 0.338 e. The van der Waals surface area contributed by atoms with E-state index in [9.17, 15) is 19.2 Å². The number of aromatic nitrogens is 1. The highest BCUT2D eigenvalue weighted by molar-refractivity contribution is 7.14. The third-order valence-electron chi connectivity index (χ3n) is 6.01. The summed E-state index contributed by atoms with van der Waals surface area (Å²) < 4.78 is 5.11. The predicted molar refractivity (Wildman–Crippen MR) is 158 cm³/mol. The Morgan fingerprint density at radius 3 is 2.44 bits per heavy atom. The van der Waals surface area contributed by atoms with Crippen LogP contribution in [0.2, 0.25) is 0 Å². The van der Waals surface area contributed by atoms with Crippen molar-refractivity contribution in [1.82, 2.24) is 4.98 Å². The van der Waals surface area contributed by atoms with Crippen LogP contribution in [0.4, 0.5) is 16.5 Å². The number of benzene rings is 3. The Morgan fingerprint density at radius 2 is 1.71 bits per heavy atom. The summed E-state index contributed by atoms with van der Waals surface area (Å²) in [5.74, 6) is -2.28. The minimum atomic E-state index is -0.715. The molecule has 4 aromatic rings. The first kappa shape index (κ1) is 27.8. The summed E-state index contributed by atoms with van der Waals surface area (Å²) in [4.78, 5) is 56.5. The summed E-state index contributed by atoms with van der Waals surface area (Å²) in [6.07, 6.45) is 0.690. The van der Waals surface area contributed by atoms with Crippen molar-refractivity contribution in [1.29, 1.82) is 0 Å². The van der Waals surface area contributed by atoms with Gasteiger partial charge >= 0.3 is 5.97 Å². The van der Waals surface area contributed by atoms with Crippen LogP contribution in [0, 0.1) is 0 Å². The molecule has 0 saturated carbocycles. The van der Waals surface area contributed by atoms with Gasteiger partial charge in [-0.05, 0) is 48.9 Å². The van der Waals surface area contributed by atoms with Gasteiger partial charge in [-0.2, -0.15) is 0 Å². The van der Waals surface area contributed by atoms with Crippen molar-refractivity contribution >= 4 is 63.1 Å². The van der Waals surface area contributed by atoms with Crippen molar-refractivity contribution < 1.29 is 23.9 Å². The Kier molecular flexibility index (Phi) is 8.23. The van der Waals surface area contributed by atoms with Gasteiger partial charge in [0.1, 0.15) is 10.7 Å². The lowest BCUT2D eigenvalue weighted by atomic mass is 10.2. The van der Waals surface area contributed by atoms with E-state index in [2.05, 4.69) is 15.6 Å². The van der Waals surface area contributed by atoms with E-state index >= 15 is 0 Å². The van der Waals surface area contributed by atoms with Crippen LogP contribution >= 0.6 is 22.9 Å². The van der Waals surface area contributed by atoms with Gasteiger partial charge in [0.25, 0.3) is 17.7 Å². The van der Waals surface area contributed by atoms with E-state index in [1.165, 1.54) is 41.7 Å². The van der Waals surface area contributed by atoms with Gasteiger partial charge in [0.2, 0.25) is 0 Å². The summed E-state index contributed by atoms with van der Waals surface area (Å²) in [5.41, 5.74) is 2.79. The summed E-state index contributed by atoms with van der Waals surface area (Å²) in [5, 5.41) is 7.66. The van der Waals surface area contributed by atoms with Gasteiger partial charge in [0.15, 0.2) is 5.13 Å². The van der Waals surface area contributed by atoms with E-state index < -0.39 is 23.7 Å². The minimum Gasteiger partial charge on any atom is -0.462 e. The topological polar surface area (TPSA) is 118 Å². The number of thiazole rings is 1. The smallest absolute Gasteiger partial charge is 0.338 e. The predicted octanol–water partition coefficient (Wildman–Crippen LogP) is 6.06. The van der Waals surface area contributed by atoms with Gasteiger partial charge in [0.05, 0.1) is 23.6 Å². The Hall–Kier alpha value is -4.80. The molecule has 0 saturated heterocycles. The van der Waals surface area contributed by atoms with Crippen LogP contribution in [0.3, 0.4) is 0 Å². The molecule has 2 N–H and O–H groups in total. The number of amides is 3. The van der Waals surface area contributed by atoms with Crippen molar-refractivity contribution in [3.63, 3.8) is 0 Å². The molecular formula is C30H23ClN4O5S. The number of carbonyl (C=O) groups excluding carboxylic acids is 4. The number of esters is 1. The van der Waals surface area contributed by atoms with Crippen LogP contribution < -0.4 is 15.5 Å². The summed E-state index contributed by atoms with van der Waals surface area (Å²) in [7, 11) is 0. The summed E-state index contributed by atoms with van der Waals surface area (Å²) >= 11 is 7.57. The van der Waals surface area contributed by atoms with Crippen molar-refractivity contribution in [3.8, 4) is 11.3 Å². The van der Waals surface area contributed by atoms with Crippen LogP contribution in [0.5, 0.6) is 0 Å². The molecular weight excluding hydrogens is 564 g/mol. The van der Waals surface area contributed by atoms with Crippen molar-refractivity contribution in [2.45, 2.75) is 13.3 Å². The van der Waals surface area contributed by atoms with E-state index in [0.717, 1.165) is 16.2 Å². The lowest BCUT2D eigenvalue weighted by molar-refractivity contribution is -0.120. The molecule has 3 aromatic carbocycles. The van der Waals surface area contributed by atoms with Gasteiger partial charge < -0.3 is 10.1 Å². The van der Waals surface area contributed by atoms with Crippen LogP contribution in [0.15, 0.2) is 95.0 Å². The fourth-order valence-electron chi connectivity index (χ4n) is 4.00. The number of nitrogens with one attached hydrogen (secondary N) is 2. The summed E-state index contributed by atoms with van der Waals surface area (Å²) in [6, 6.07) is 21.9. The number of carbonyl (C=O) groups is 4. The fraction of sp³-hybridized carbons (Fsp3) is 0.100. The maximum absolute atomic E-state index is 13.2. The van der Waals surface area contributed by atoms with Crippen molar-refractivity contribution in [2.24, 2.45) is 0 Å². The van der Waals surface area contributed by atoms with Crippen molar-refractivity contribution in [2.75, 3.05) is 22.1 Å². The average molecular weight is 587 g/mol. The Morgan fingerprint density at radius 1 is 0.951 bits per heavy atom. The zero-order chi connectivity index (χ0) is 28.9. The SMILES string of the molecule is CCCOC(=O)c1ccc(N2C(=O)C(Cl)=C(Nc3cccc(C(=O)Nc4nc(-c5ccccc5)cs4)c3)C2=O)cc1. The molecule has 3 amide bonds. The van der Waals surface area contributed by atoms with Crippen LogP contribution in [-0.2, 0) is 14.3 Å². The van der Waals surface area contributed by atoms with E-state index in [4.69, 9.17) is 16.3 Å². The molecule has 0 bridgehead atoms. The molecule has 0 radical (unpaired) electrons. The Balaban J connectivity index is 1.27. The first-order chi connectivity index (χ1) is 19.9. The molecule has 2 heterocycles. The second-order valence-electron chi connectivity index (χ2n) is 8.88.